The molecular weight excluding hydrogens is 448 g/mol. The molecule has 0 aliphatic rings. The van der Waals surface area contributed by atoms with Crippen molar-refractivity contribution >= 4 is 46.0 Å². The molecule has 1 amide bonds. The number of amides is 1. The number of thiazole rings is 1. The highest BCUT2D eigenvalue weighted by atomic mass is 32.1. The first-order chi connectivity index (χ1) is 16.0. The maximum absolute atomic E-state index is 13.4. The van der Waals surface area contributed by atoms with E-state index in [1.165, 1.54) is 22.0 Å². The lowest BCUT2D eigenvalue weighted by molar-refractivity contribution is -0.122. The van der Waals surface area contributed by atoms with Gasteiger partial charge in [-0.25, -0.2) is 0 Å². The third-order valence-corrected chi connectivity index (χ3v) is 6.43. The van der Waals surface area contributed by atoms with Gasteiger partial charge in [-0.2, -0.15) is 0 Å². The predicted octanol–water partition coefficient (Wildman–Crippen LogP) is 3.07. The van der Waals surface area contributed by atoms with E-state index in [0.717, 1.165) is 16.3 Å². The molecule has 7 heteroatoms. The number of nitrogens with zero attached hydrogens (tertiary/aromatic N) is 1. The van der Waals surface area contributed by atoms with Gasteiger partial charge in [-0.05, 0) is 28.8 Å². The molecule has 1 heterocycles. The van der Waals surface area contributed by atoms with Crippen molar-refractivity contribution in [3.63, 3.8) is 0 Å². The second-order valence-electron chi connectivity index (χ2n) is 9.70. The van der Waals surface area contributed by atoms with Crippen LogP contribution in [0.1, 0.15) is 40.2 Å². The number of carbonyl (C=O) groups is 2. The summed E-state index contributed by atoms with van der Waals surface area (Å²) in [5.74, 6) is 0.559. The van der Waals surface area contributed by atoms with E-state index in [9.17, 15) is 14.4 Å². The molecule has 1 aromatic heterocycles. The Morgan fingerprint density at radius 3 is 2.50 bits per heavy atom. The first-order valence-corrected chi connectivity index (χ1v) is 12.1. The molecule has 180 valence electrons. The van der Waals surface area contributed by atoms with Crippen LogP contribution in [0.5, 0.6) is 5.75 Å². The summed E-state index contributed by atoms with van der Waals surface area (Å²) < 4.78 is 7.84. The Labute approximate surface area is 203 Å². The number of aromatic nitrogens is 1. The molecule has 0 atom stereocenters. The highest BCUT2D eigenvalue weighted by Gasteiger charge is 2.20. The van der Waals surface area contributed by atoms with Crippen molar-refractivity contribution < 1.29 is 14.3 Å². The smallest absolute Gasteiger partial charge is 0.269 e. The number of ether oxygens (including phenoxy) is 1. The van der Waals surface area contributed by atoms with Crippen molar-refractivity contribution in [1.82, 2.24) is 9.88 Å². The summed E-state index contributed by atoms with van der Waals surface area (Å²) in [6, 6.07) is 11.7. The maximum atomic E-state index is 13.4. The van der Waals surface area contributed by atoms with E-state index in [-0.39, 0.29) is 23.8 Å². The fourth-order valence-corrected chi connectivity index (χ4v) is 4.40. The van der Waals surface area contributed by atoms with Crippen molar-refractivity contribution in [3.8, 4) is 5.75 Å². The van der Waals surface area contributed by atoms with Crippen molar-refractivity contribution in [2.45, 2.75) is 41.2 Å². The molecule has 34 heavy (non-hydrogen) atoms. The number of fused-ring (bicyclic) bond motifs is 1. The second-order valence-corrected chi connectivity index (χ2v) is 10.8. The number of hydrogen-bond donors (Lipinski definition) is 1. The highest BCUT2D eigenvalue weighted by molar-refractivity contribution is 7.07. The fraction of sp³-hybridized carbons (Fsp3) is 0.370. The molecule has 6 nitrogen and oxygen atoms in total. The van der Waals surface area contributed by atoms with E-state index in [4.69, 9.17) is 4.74 Å². The van der Waals surface area contributed by atoms with Crippen LogP contribution in [0.3, 0.4) is 0 Å². The van der Waals surface area contributed by atoms with E-state index in [2.05, 4.69) is 5.32 Å². The molecule has 3 aromatic rings. The number of Topliss-reactive ketones (excluding diaryl/α,β-unsaturated/α-hetero) is 1. The minimum Gasteiger partial charge on any atom is -0.496 e. The zero-order valence-corrected chi connectivity index (χ0v) is 21.4. The minimum absolute atomic E-state index is 0.112. The van der Waals surface area contributed by atoms with Crippen molar-refractivity contribution in [2.75, 3.05) is 13.7 Å². The number of methoxy groups -OCH3 is 1. The third kappa shape index (κ3) is 5.83. The maximum Gasteiger partial charge on any atom is 0.269 e. The first-order valence-electron chi connectivity index (χ1n) is 11.3. The van der Waals surface area contributed by atoms with Gasteiger partial charge in [-0.15, -0.1) is 11.3 Å². The molecule has 1 N–H and O–H groups in total. The third-order valence-electron chi connectivity index (χ3n) is 5.37. The van der Waals surface area contributed by atoms with Gasteiger partial charge in [-0.3, -0.25) is 19.0 Å². The minimum atomic E-state index is -0.604. The molecule has 0 aliphatic carbocycles. The second kappa shape index (κ2) is 10.4. The number of benzene rings is 2. The van der Waals surface area contributed by atoms with E-state index >= 15 is 0 Å². The van der Waals surface area contributed by atoms with Gasteiger partial charge in [0.05, 0.1) is 11.6 Å². The van der Waals surface area contributed by atoms with Gasteiger partial charge in [0.15, 0.2) is 5.78 Å². The summed E-state index contributed by atoms with van der Waals surface area (Å²) >= 11 is 1.20. The zero-order chi connectivity index (χ0) is 25.0. The van der Waals surface area contributed by atoms with Crippen LogP contribution in [0, 0.1) is 11.3 Å². The lowest BCUT2D eigenvalue weighted by Crippen LogP contribution is -2.39. The Hall–Kier alpha value is -3.19. The van der Waals surface area contributed by atoms with Crippen LogP contribution in [-0.4, -0.2) is 29.9 Å². The molecule has 0 aliphatic heterocycles. The van der Waals surface area contributed by atoms with Crippen LogP contribution >= 0.6 is 11.3 Å². The number of carbonyl (C=O) groups excluding carboxylic acids is 2. The van der Waals surface area contributed by atoms with Gasteiger partial charge in [0.2, 0.25) is 5.91 Å². The first kappa shape index (κ1) is 25.4. The lowest BCUT2D eigenvalue weighted by atomic mass is 9.91. The molecular formula is C27H32N2O4S. The van der Waals surface area contributed by atoms with Crippen LogP contribution in [0.4, 0.5) is 0 Å². The van der Waals surface area contributed by atoms with E-state index < -0.39 is 5.41 Å². The topological polar surface area (TPSA) is 77.4 Å². The Kier molecular flexibility index (Phi) is 7.77. The fourth-order valence-electron chi connectivity index (χ4n) is 3.37. The van der Waals surface area contributed by atoms with E-state index in [1.54, 1.807) is 13.2 Å². The van der Waals surface area contributed by atoms with E-state index in [0.29, 0.717) is 27.4 Å². The quantitative estimate of drug-likeness (QED) is 0.564. The van der Waals surface area contributed by atoms with Gasteiger partial charge >= 0.3 is 0 Å². The van der Waals surface area contributed by atoms with Gasteiger partial charge in [0.25, 0.3) is 5.56 Å². The largest absolute Gasteiger partial charge is 0.496 e. The molecule has 0 radical (unpaired) electrons. The van der Waals surface area contributed by atoms with Crippen molar-refractivity contribution in [2.24, 2.45) is 11.3 Å². The molecule has 0 saturated heterocycles. The highest BCUT2D eigenvalue weighted by Crippen LogP contribution is 2.28. The lowest BCUT2D eigenvalue weighted by Gasteiger charge is -2.13. The van der Waals surface area contributed by atoms with Gasteiger partial charge in [0, 0.05) is 23.6 Å². The molecule has 2 aromatic carbocycles. The predicted molar refractivity (Wildman–Crippen MR) is 139 cm³/mol. The molecule has 0 unspecified atom stereocenters. The van der Waals surface area contributed by atoms with Crippen LogP contribution in [0.2, 0.25) is 0 Å². The Morgan fingerprint density at radius 2 is 1.85 bits per heavy atom. The Bertz CT molecular complexity index is 1390. The molecule has 0 fully saturated rings. The summed E-state index contributed by atoms with van der Waals surface area (Å²) in [6.07, 6.45) is 3.26. The molecule has 0 spiro atoms. The van der Waals surface area contributed by atoms with Crippen molar-refractivity contribution in [3.05, 3.63) is 61.5 Å². The Balaban J connectivity index is 2.22. The summed E-state index contributed by atoms with van der Waals surface area (Å²) in [5, 5.41) is 4.82. The summed E-state index contributed by atoms with van der Waals surface area (Å²) in [6.45, 7) is 9.85. The Morgan fingerprint density at radius 1 is 1.15 bits per heavy atom. The normalized spacial score (nSPS) is 13.0. The molecule has 0 bridgehead atoms. The SMILES string of the molecule is COc1ccc2ccccc2c1/C=c1\s/c(=C\C(=O)C(C)(C)C)n(CC(=O)NCC(C)C)c1=O. The standard InChI is InChI=1S/C27H32N2O4S/c1-17(2)15-28-24(31)16-29-25(14-23(30)27(3,4)5)34-22(26(29)32)13-20-19-10-8-7-9-18(19)11-12-21(20)33-6/h7-14,17H,15-16H2,1-6H3,(H,28,31)/b22-13-,25-14-. The molecule has 0 saturated carbocycles. The average molecular weight is 481 g/mol. The summed E-state index contributed by atoms with van der Waals surface area (Å²) in [7, 11) is 1.59. The summed E-state index contributed by atoms with van der Waals surface area (Å²) in [5.41, 5.74) is -0.135. The van der Waals surface area contributed by atoms with Crippen molar-refractivity contribution in [1.29, 1.82) is 0 Å². The number of hydrogen-bond acceptors (Lipinski definition) is 5. The monoisotopic (exact) mass is 480 g/mol. The average Bonchev–Trinajstić information content (AvgIpc) is 3.06. The van der Waals surface area contributed by atoms with Gasteiger partial charge in [-0.1, -0.05) is 65.0 Å². The van der Waals surface area contributed by atoms with Gasteiger partial charge in [0.1, 0.15) is 17.0 Å². The van der Waals surface area contributed by atoms with Gasteiger partial charge < -0.3 is 10.1 Å². The molecule has 3 rings (SSSR count). The van der Waals surface area contributed by atoms with Crippen LogP contribution in [-0.2, 0) is 16.1 Å². The van der Waals surface area contributed by atoms with Crippen LogP contribution in [0.25, 0.3) is 22.9 Å². The number of nitrogens with one attached hydrogen (secondary N) is 1. The van der Waals surface area contributed by atoms with Crippen LogP contribution < -0.4 is 24.8 Å². The summed E-state index contributed by atoms with van der Waals surface area (Å²) in [4.78, 5) is 38.7. The van der Waals surface area contributed by atoms with Crippen LogP contribution in [0.15, 0.2) is 41.2 Å². The van der Waals surface area contributed by atoms with E-state index in [1.807, 2.05) is 71.0 Å². The number of ketones is 1. The number of rotatable bonds is 7. The zero-order valence-electron chi connectivity index (χ0n) is 20.6.